The molecule has 0 aromatic heterocycles. The van der Waals surface area contributed by atoms with Crippen LogP contribution in [0.4, 0.5) is 0 Å². The van der Waals surface area contributed by atoms with Crippen molar-refractivity contribution in [1.82, 2.24) is 0 Å². The Balaban J connectivity index is 0.000000433. The molecule has 118 valence electrons. The van der Waals surface area contributed by atoms with E-state index in [0.29, 0.717) is 0 Å². The number of carbonyl (C=O) groups excluding carboxylic acids is 1. The zero-order valence-electron chi connectivity index (χ0n) is 12.8. The number of carboxylic acids is 1. The maximum atomic E-state index is 10.4. The minimum atomic E-state index is -1.02. The largest absolute Gasteiger partial charge is 0.508 e. The van der Waals surface area contributed by atoms with Crippen molar-refractivity contribution in [1.29, 1.82) is 0 Å². The molecule has 0 unspecified atom stereocenters. The molecule has 0 saturated carbocycles. The molecule has 4 N–H and O–H groups in total. The van der Waals surface area contributed by atoms with Crippen molar-refractivity contribution in [3.05, 3.63) is 29.8 Å². The fourth-order valence-electron chi connectivity index (χ4n) is 1.40. The summed E-state index contributed by atoms with van der Waals surface area (Å²) in [6.07, 6.45) is 0.273. The predicted molar refractivity (Wildman–Crippen MR) is 78.9 cm³/mol. The average Bonchev–Trinajstić information content (AvgIpc) is 2.29. The summed E-state index contributed by atoms with van der Waals surface area (Å²) < 4.78 is 4.80. The van der Waals surface area contributed by atoms with Gasteiger partial charge in [0.15, 0.2) is 0 Å². The van der Waals surface area contributed by atoms with Gasteiger partial charge in [-0.15, -0.1) is 0 Å². The zero-order valence-corrected chi connectivity index (χ0v) is 12.8. The van der Waals surface area contributed by atoms with E-state index in [-0.39, 0.29) is 23.7 Å². The SMILES string of the molecule is CC(=O)OC(C)(C)C.N[C@@H](Cc1ccc(O)cc1)C(=O)O. The van der Waals surface area contributed by atoms with E-state index in [4.69, 9.17) is 20.7 Å². The van der Waals surface area contributed by atoms with Crippen LogP contribution in [0.15, 0.2) is 24.3 Å². The minimum absolute atomic E-state index is 0.160. The molecule has 0 saturated heterocycles. The second-order valence-corrected chi connectivity index (χ2v) is 5.52. The average molecular weight is 297 g/mol. The van der Waals surface area contributed by atoms with Crippen LogP contribution in [0.3, 0.4) is 0 Å². The standard InChI is InChI=1S/C9H11NO3.C6H12O2/c10-8(9(12)13)5-6-1-3-7(11)4-2-6;1-5(7)8-6(2,3)4/h1-4,8,11H,5,10H2,(H,12,13);1-4H3/t8-;/m0./s1. The molecule has 6 nitrogen and oxygen atoms in total. The summed E-state index contributed by atoms with van der Waals surface area (Å²) >= 11 is 0. The number of hydrogen-bond acceptors (Lipinski definition) is 5. The predicted octanol–water partition coefficient (Wildman–Crippen LogP) is 1.69. The molecule has 21 heavy (non-hydrogen) atoms. The Morgan fingerprint density at radius 3 is 2.00 bits per heavy atom. The van der Waals surface area contributed by atoms with E-state index in [9.17, 15) is 9.59 Å². The first-order valence-corrected chi connectivity index (χ1v) is 6.47. The second kappa shape index (κ2) is 8.26. The number of aromatic hydroxyl groups is 1. The fourth-order valence-corrected chi connectivity index (χ4v) is 1.40. The monoisotopic (exact) mass is 297 g/mol. The number of phenols is 1. The molecule has 0 aliphatic rings. The smallest absolute Gasteiger partial charge is 0.320 e. The van der Waals surface area contributed by atoms with Crippen LogP contribution in [0, 0.1) is 0 Å². The first-order valence-electron chi connectivity index (χ1n) is 6.47. The van der Waals surface area contributed by atoms with Crippen LogP contribution < -0.4 is 5.73 Å². The number of rotatable bonds is 3. The van der Waals surface area contributed by atoms with Gasteiger partial charge in [0.05, 0.1) is 0 Å². The molecule has 0 aliphatic carbocycles. The van der Waals surface area contributed by atoms with Crippen molar-refractivity contribution < 1.29 is 24.5 Å². The van der Waals surface area contributed by atoms with Gasteiger partial charge in [-0.2, -0.15) is 0 Å². The van der Waals surface area contributed by atoms with Gasteiger partial charge in [0.2, 0.25) is 0 Å². The van der Waals surface area contributed by atoms with E-state index in [1.807, 2.05) is 20.8 Å². The summed E-state index contributed by atoms with van der Waals surface area (Å²) in [5, 5.41) is 17.5. The van der Waals surface area contributed by atoms with Crippen LogP contribution in [-0.4, -0.2) is 33.8 Å². The van der Waals surface area contributed by atoms with Crippen molar-refractivity contribution in [3.63, 3.8) is 0 Å². The van der Waals surface area contributed by atoms with Crippen molar-refractivity contribution in [3.8, 4) is 5.75 Å². The van der Waals surface area contributed by atoms with Crippen LogP contribution in [0.2, 0.25) is 0 Å². The first-order chi connectivity index (χ1) is 9.51. The maximum Gasteiger partial charge on any atom is 0.320 e. The van der Waals surface area contributed by atoms with Gasteiger partial charge in [0.1, 0.15) is 17.4 Å². The molecular weight excluding hydrogens is 274 g/mol. The molecular formula is C15H23NO5. The molecule has 1 atom stereocenters. The van der Waals surface area contributed by atoms with E-state index >= 15 is 0 Å². The highest BCUT2D eigenvalue weighted by Crippen LogP contribution is 2.10. The highest BCUT2D eigenvalue weighted by molar-refractivity contribution is 5.73. The van der Waals surface area contributed by atoms with Gasteiger partial charge in [-0.1, -0.05) is 12.1 Å². The van der Waals surface area contributed by atoms with Crippen LogP contribution in [0.1, 0.15) is 33.3 Å². The molecule has 1 aromatic rings. The normalized spacial score (nSPS) is 11.9. The minimum Gasteiger partial charge on any atom is -0.508 e. The second-order valence-electron chi connectivity index (χ2n) is 5.52. The van der Waals surface area contributed by atoms with E-state index in [0.717, 1.165) is 5.56 Å². The Labute approximate surface area is 124 Å². The third-order valence-corrected chi connectivity index (χ3v) is 2.16. The van der Waals surface area contributed by atoms with E-state index in [1.54, 1.807) is 12.1 Å². The van der Waals surface area contributed by atoms with Gasteiger partial charge in [-0.25, -0.2) is 0 Å². The number of carboxylic acid groups (broad SMARTS) is 1. The van der Waals surface area contributed by atoms with Crippen LogP contribution >= 0.6 is 0 Å². The van der Waals surface area contributed by atoms with Crippen molar-refractivity contribution in [2.75, 3.05) is 0 Å². The van der Waals surface area contributed by atoms with Crippen LogP contribution in [-0.2, 0) is 20.7 Å². The van der Waals surface area contributed by atoms with Gasteiger partial charge in [0.25, 0.3) is 0 Å². The van der Waals surface area contributed by atoms with Gasteiger partial charge in [0, 0.05) is 6.92 Å². The third kappa shape index (κ3) is 10.4. The number of esters is 1. The van der Waals surface area contributed by atoms with E-state index < -0.39 is 12.0 Å². The fraction of sp³-hybridized carbons (Fsp3) is 0.467. The van der Waals surface area contributed by atoms with E-state index in [2.05, 4.69) is 0 Å². The Hall–Kier alpha value is -2.08. The van der Waals surface area contributed by atoms with Crippen molar-refractivity contribution in [2.45, 2.75) is 45.8 Å². The molecule has 0 fully saturated rings. The molecule has 1 rings (SSSR count). The lowest BCUT2D eigenvalue weighted by molar-refractivity contribution is -0.151. The van der Waals surface area contributed by atoms with Crippen LogP contribution in [0.5, 0.6) is 5.75 Å². The lowest BCUT2D eigenvalue weighted by Crippen LogP contribution is -2.32. The summed E-state index contributed by atoms with van der Waals surface area (Å²) in [5.41, 5.74) is 5.80. The number of aliphatic carboxylic acids is 1. The topological polar surface area (TPSA) is 110 Å². The van der Waals surface area contributed by atoms with Gasteiger partial charge >= 0.3 is 11.9 Å². The van der Waals surface area contributed by atoms with Crippen LogP contribution in [0.25, 0.3) is 0 Å². The van der Waals surface area contributed by atoms with Crippen molar-refractivity contribution in [2.24, 2.45) is 5.73 Å². The molecule has 0 radical (unpaired) electrons. The van der Waals surface area contributed by atoms with Gasteiger partial charge < -0.3 is 20.7 Å². The highest BCUT2D eigenvalue weighted by Gasteiger charge is 2.12. The Bertz CT molecular complexity index is 462. The summed E-state index contributed by atoms with van der Waals surface area (Å²) in [7, 11) is 0. The number of phenolic OH excluding ortho intramolecular Hbond substituents is 1. The van der Waals surface area contributed by atoms with Gasteiger partial charge in [-0.05, 0) is 44.9 Å². The number of carbonyl (C=O) groups is 2. The molecule has 1 aromatic carbocycles. The maximum absolute atomic E-state index is 10.4. The van der Waals surface area contributed by atoms with Gasteiger partial charge in [-0.3, -0.25) is 9.59 Å². The molecule has 0 spiro atoms. The summed E-state index contributed by atoms with van der Waals surface area (Å²) in [6, 6.07) is 5.42. The highest BCUT2D eigenvalue weighted by atomic mass is 16.6. The third-order valence-electron chi connectivity index (χ3n) is 2.16. The lowest BCUT2D eigenvalue weighted by atomic mass is 10.1. The van der Waals surface area contributed by atoms with E-state index in [1.165, 1.54) is 19.1 Å². The molecule has 0 bridgehead atoms. The van der Waals surface area contributed by atoms with Crippen molar-refractivity contribution >= 4 is 11.9 Å². The Kier molecular flexibility index (Phi) is 7.44. The number of ether oxygens (including phenoxy) is 1. The lowest BCUT2D eigenvalue weighted by Gasteiger charge is -2.17. The molecule has 0 amide bonds. The Morgan fingerprint density at radius 1 is 1.24 bits per heavy atom. The number of hydrogen-bond donors (Lipinski definition) is 3. The number of nitrogens with two attached hydrogens (primary N) is 1. The summed E-state index contributed by atoms with van der Waals surface area (Å²) in [6.45, 7) is 6.93. The summed E-state index contributed by atoms with van der Waals surface area (Å²) in [4.78, 5) is 20.6. The molecule has 6 heteroatoms. The molecule has 0 heterocycles. The number of benzene rings is 1. The quantitative estimate of drug-likeness (QED) is 0.732. The zero-order chi connectivity index (χ0) is 16.6. The summed E-state index contributed by atoms with van der Waals surface area (Å²) in [5.74, 6) is -1.08. The Morgan fingerprint density at radius 2 is 1.71 bits per heavy atom. The molecule has 0 aliphatic heterocycles. The first kappa shape index (κ1) is 18.9.